The first-order valence-electron chi connectivity index (χ1n) is 6.64. The molecule has 2 aliphatic heterocycles. The fourth-order valence-electron chi connectivity index (χ4n) is 2.33. The van der Waals surface area contributed by atoms with Crippen LogP contribution in [0, 0.1) is 11.8 Å². The molecule has 2 saturated heterocycles. The maximum Gasteiger partial charge on any atom is 0.410 e. The lowest BCUT2D eigenvalue weighted by Crippen LogP contribution is -2.36. The fourth-order valence-corrected chi connectivity index (χ4v) is 2.33. The van der Waals surface area contributed by atoms with Gasteiger partial charge in [0.1, 0.15) is 5.60 Å². The van der Waals surface area contributed by atoms with Gasteiger partial charge >= 0.3 is 6.09 Å². The summed E-state index contributed by atoms with van der Waals surface area (Å²) in [6.45, 7) is 13.5. The van der Waals surface area contributed by atoms with Gasteiger partial charge in [0.25, 0.3) is 0 Å². The van der Waals surface area contributed by atoms with Crippen molar-refractivity contribution < 1.29 is 9.53 Å². The number of hydrogen-bond acceptors (Lipinski definition) is 3. The normalized spacial score (nSPS) is 27.2. The topological polar surface area (TPSA) is 41.6 Å². The molecule has 4 heteroatoms. The maximum atomic E-state index is 11.8. The van der Waals surface area contributed by atoms with E-state index < -0.39 is 0 Å². The Kier molecular flexibility index (Phi) is 4.80. The molecule has 0 aliphatic carbocycles. The molecule has 0 aromatic heterocycles. The number of amides is 1. The highest BCUT2D eigenvalue weighted by atomic mass is 16.6. The monoisotopic (exact) mass is 242 g/mol. The summed E-state index contributed by atoms with van der Waals surface area (Å²) in [4.78, 5) is 13.6. The predicted octanol–water partition coefficient (Wildman–Crippen LogP) is 2.10. The number of carbonyl (C=O) groups excluding carboxylic acids is 1. The molecule has 0 saturated carbocycles. The average Bonchev–Trinajstić information content (AvgIpc) is 2.76. The van der Waals surface area contributed by atoms with Crippen molar-refractivity contribution in [2.24, 2.45) is 11.8 Å². The molecule has 17 heavy (non-hydrogen) atoms. The van der Waals surface area contributed by atoms with E-state index >= 15 is 0 Å². The van der Waals surface area contributed by atoms with Crippen LogP contribution in [-0.4, -0.2) is 42.8 Å². The molecule has 2 rings (SSSR count). The molecule has 2 heterocycles. The Morgan fingerprint density at radius 2 is 1.65 bits per heavy atom. The first-order chi connectivity index (χ1) is 7.96. The van der Waals surface area contributed by atoms with Crippen LogP contribution in [-0.2, 0) is 4.74 Å². The smallest absolute Gasteiger partial charge is 0.410 e. The molecule has 2 atom stereocenters. The summed E-state index contributed by atoms with van der Waals surface area (Å²) in [7, 11) is 0. The highest BCUT2D eigenvalue weighted by Gasteiger charge is 2.39. The molecule has 2 aliphatic rings. The molecule has 1 N–H and O–H groups in total. The second kappa shape index (κ2) is 5.71. The molecule has 4 nitrogen and oxygen atoms in total. The van der Waals surface area contributed by atoms with Crippen LogP contribution in [0.15, 0.2) is 0 Å². The third-order valence-electron chi connectivity index (χ3n) is 3.04. The van der Waals surface area contributed by atoms with Crippen LogP contribution in [0.3, 0.4) is 0 Å². The van der Waals surface area contributed by atoms with Gasteiger partial charge in [-0.15, -0.1) is 0 Å². The number of rotatable bonds is 0. The fraction of sp³-hybridized carbons (Fsp3) is 0.923. The number of nitrogens with zero attached hydrogens (tertiary/aromatic N) is 1. The molecule has 100 valence electrons. The van der Waals surface area contributed by atoms with E-state index in [0.717, 1.165) is 26.2 Å². The van der Waals surface area contributed by atoms with E-state index in [1.807, 2.05) is 39.5 Å². The second-order valence-corrected chi connectivity index (χ2v) is 5.56. The number of likely N-dealkylation sites (tertiary alicyclic amines) is 1. The van der Waals surface area contributed by atoms with E-state index in [4.69, 9.17) is 4.74 Å². The van der Waals surface area contributed by atoms with E-state index in [9.17, 15) is 4.79 Å². The Labute approximate surface area is 105 Å². The van der Waals surface area contributed by atoms with Crippen LogP contribution in [0.5, 0.6) is 0 Å². The Morgan fingerprint density at radius 3 is 2.06 bits per heavy atom. The predicted molar refractivity (Wildman–Crippen MR) is 69.0 cm³/mol. The van der Waals surface area contributed by atoms with Gasteiger partial charge in [-0.05, 0) is 32.6 Å². The van der Waals surface area contributed by atoms with Crippen molar-refractivity contribution in [3.63, 3.8) is 0 Å². The summed E-state index contributed by atoms with van der Waals surface area (Å²) in [5.74, 6) is 1.27. The number of hydrogen-bond donors (Lipinski definition) is 1. The van der Waals surface area contributed by atoms with Crippen molar-refractivity contribution in [3.8, 4) is 0 Å². The largest absolute Gasteiger partial charge is 0.444 e. The lowest BCUT2D eigenvalue weighted by atomic mass is 10.0. The number of carbonyl (C=O) groups is 1. The van der Waals surface area contributed by atoms with E-state index in [1.54, 1.807) is 0 Å². The van der Waals surface area contributed by atoms with Crippen LogP contribution in [0.25, 0.3) is 0 Å². The Hall–Kier alpha value is -0.770. The summed E-state index contributed by atoms with van der Waals surface area (Å²) in [5, 5.41) is 3.35. The third kappa shape index (κ3) is 3.87. The molecule has 0 bridgehead atoms. The minimum absolute atomic E-state index is 0.156. The van der Waals surface area contributed by atoms with Crippen molar-refractivity contribution in [1.29, 1.82) is 0 Å². The van der Waals surface area contributed by atoms with E-state index in [-0.39, 0.29) is 11.7 Å². The summed E-state index contributed by atoms with van der Waals surface area (Å²) in [6.07, 6.45) is -0.156. The zero-order valence-corrected chi connectivity index (χ0v) is 11.7. The van der Waals surface area contributed by atoms with Gasteiger partial charge in [0.2, 0.25) is 0 Å². The van der Waals surface area contributed by atoms with Crippen LogP contribution < -0.4 is 5.32 Å². The van der Waals surface area contributed by atoms with E-state index in [2.05, 4.69) is 5.32 Å². The summed E-state index contributed by atoms with van der Waals surface area (Å²) < 4.78 is 5.35. The lowest BCUT2D eigenvalue weighted by molar-refractivity contribution is 0.0281. The minimum Gasteiger partial charge on any atom is -0.444 e. The lowest BCUT2D eigenvalue weighted by Gasteiger charge is -2.24. The molecule has 0 spiro atoms. The van der Waals surface area contributed by atoms with Gasteiger partial charge in [0, 0.05) is 26.2 Å². The van der Waals surface area contributed by atoms with Gasteiger partial charge in [0.15, 0.2) is 0 Å². The minimum atomic E-state index is -0.382. The highest BCUT2D eigenvalue weighted by molar-refractivity contribution is 5.68. The molecule has 1 amide bonds. The first-order valence-corrected chi connectivity index (χ1v) is 6.64. The van der Waals surface area contributed by atoms with Crippen molar-refractivity contribution in [2.75, 3.05) is 26.2 Å². The van der Waals surface area contributed by atoms with Crippen LogP contribution in [0.4, 0.5) is 4.79 Å². The number of fused-ring (bicyclic) bond motifs is 1. The van der Waals surface area contributed by atoms with Gasteiger partial charge in [-0.1, -0.05) is 13.8 Å². The van der Waals surface area contributed by atoms with Gasteiger partial charge < -0.3 is 15.0 Å². The average molecular weight is 242 g/mol. The standard InChI is InChI=1S/C11H20N2O2.C2H6/c1-11(2,3)15-10(14)13-6-8-4-12-5-9(8)7-13;1-2/h8-9,12H,4-7H2,1-3H3;1-2H3. The Morgan fingerprint density at radius 1 is 1.18 bits per heavy atom. The van der Waals surface area contributed by atoms with Gasteiger partial charge in [-0.2, -0.15) is 0 Å². The zero-order chi connectivity index (χ0) is 13.1. The SMILES string of the molecule is CC.CC(C)(C)OC(=O)N1CC2CNCC2C1. The number of nitrogens with one attached hydrogen (secondary N) is 1. The second-order valence-electron chi connectivity index (χ2n) is 5.56. The maximum absolute atomic E-state index is 11.8. The summed E-state index contributed by atoms with van der Waals surface area (Å²) >= 11 is 0. The van der Waals surface area contributed by atoms with Crippen molar-refractivity contribution >= 4 is 6.09 Å². The first kappa shape index (κ1) is 14.3. The van der Waals surface area contributed by atoms with Crippen LogP contribution >= 0.6 is 0 Å². The van der Waals surface area contributed by atoms with Crippen molar-refractivity contribution in [3.05, 3.63) is 0 Å². The third-order valence-corrected chi connectivity index (χ3v) is 3.04. The zero-order valence-electron chi connectivity index (χ0n) is 11.7. The van der Waals surface area contributed by atoms with Gasteiger partial charge in [-0.25, -0.2) is 4.79 Å². The molecule has 2 unspecified atom stereocenters. The van der Waals surface area contributed by atoms with Crippen molar-refractivity contribution in [2.45, 2.75) is 40.2 Å². The van der Waals surface area contributed by atoms with Gasteiger partial charge in [-0.3, -0.25) is 0 Å². The number of ether oxygens (including phenoxy) is 1. The summed E-state index contributed by atoms with van der Waals surface area (Å²) in [6, 6.07) is 0. The molecular weight excluding hydrogens is 216 g/mol. The molecule has 0 radical (unpaired) electrons. The summed E-state index contributed by atoms with van der Waals surface area (Å²) in [5.41, 5.74) is -0.382. The molecule has 2 fully saturated rings. The molecule has 0 aromatic carbocycles. The van der Waals surface area contributed by atoms with Crippen LogP contribution in [0.1, 0.15) is 34.6 Å². The van der Waals surface area contributed by atoms with Crippen LogP contribution in [0.2, 0.25) is 0 Å². The highest BCUT2D eigenvalue weighted by Crippen LogP contribution is 2.27. The quantitative estimate of drug-likeness (QED) is 0.707. The van der Waals surface area contributed by atoms with Crippen molar-refractivity contribution in [1.82, 2.24) is 10.2 Å². The van der Waals surface area contributed by atoms with E-state index in [1.165, 1.54) is 0 Å². The van der Waals surface area contributed by atoms with E-state index in [0.29, 0.717) is 11.8 Å². The molecule has 0 aromatic rings. The van der Waals surface area contributed by atoms with Gasteiger partial charge in [0.05, 0.1) is 0 Å². The Balaban J connectivity index is 0.000000686. The Bertz CT molecular complexity index is 249. The molecular formula is C13H26N2O2.